The van der Waals surface area contributed by atoms with Crippen LogP contribution >= 0.6 is 11.6 Å². The predicted octanol–water partition coefficient (Wildman–Crippen LogP) is 5.14. The highest BCUT2D eigenvalue weighted by molar-refractivity contribution is 6.31. The number of carbonyl (C=O) groups is 1. The van der Waals surface area contributed by atoms with Crippen LogP contribution in [-0.2, 0) is 4.79 Å². The minimum atomic E-state index is -0.0512. The lowest BCUT2D eigenvalue weighted by molar-refractivity contribution is -0.115. The van der Waals surface area contributed by atoms with Gasteiger partial charge in [0.1, 0.15) is 0 Å². The summed E-state index contributed by atoms with van der Waals surface area (Å²) in [4.78, 5) is 12.3. The molecule has 0 saturated carbocycles. The Kier molecular flexibility index (Phi) is 6.83. The second-order valence-electron chi connectivity index (χ2n) is 6.07. The minimum absolute atomic E-state index is 0.00857. The number of anilines is 1. The number of amides is 1. The first-order chi connectivity index (χ1) is 11.5. The number of hydrogen-bond donors (Lipinski definition) is 2. The van der Waals surface area contributed by atoms with Gasteiger partial charge in [0.05, 0.1) is 6.54 Å². The SMILES string of the molecule is CC[C@H](C)c1ccccc1NC(=O)CN[C@H](C)c1ccccc1Cl. The highest BCUT2D eigenvalue weighted by atomic mass is 35.5. The van der Waals surface area contributed by atoms with Crippen molar-refractivity contribution in [3.05, 3.63) is 64.7 Å². The van der Waals surface area contributed by atoms with E-state index in [1.165, 1.54) is 5.56 Å². The number of hydrogen-bond acceptors (Lipinski definition) is 2. The van der Waals surface area contributed by atoms with E-state index in [2.05, 4.69) is 30.5 Å². The largest absolute Gasteiger partial charge is 0.325 e. The maximum absolute atomic E-state index is 12.3. The first-order valence-corrected chi connectivity index (χ1v) is 8.77. The van der Waals surface area contributed by atoms with Crippen molar-refractivity contribution in [2.75, 3.05) is 11.9 Å². The first-order valence-electron chi connectivity index (χ1n) is 8.39. The van der Waals surface area contributed by atoms with Gasteiger partial charge in [-0.2, -0.15) is 0 Å². The van der Waals surface area contributed by atoms with Gasteiger partial charge in [0.15, 0.2) is 0 Å². The second-order valence-corrected chi connectivity index (χ2v) is 6.48. The Morgan fingerprint density at radius 3 is 2.33 bits per heavy atom. The van der Waals surface area contributed by atoms with Crippen LogP contribution in [0.4, 0.5) is 5.69 Å². The van der Waals surface area contributed by atoms with Gasteiger partial charge < -0.3 is 10.6 Å². The molecule has 0 fully saturated rings. The molecular formula is C20H25ClN2O. The van der Waals surface area contributed by atoms with Gasteiger partial charge >= 0.3 is 0 Å². The molecule has 0 spiro atoms. The van der Waals surface area contributed by atoms with Crippen LogP contribution in [0.25, 0.3) is 0 Å². The van der Waals surface area contributed by atoms with E-state index < -0.39 is 0 Å². The quantitative estimate of drug-likeness (QED) is 0.729. The van der Waals surface area contributed by atoms with Crippen molar-refractivity contribution in [3.8, 4) is 0 Å². The Labute approximate surface area is 149 Å². The van der Waals surface area contributed by atoms with E-state index in [4.69, 9.17) is 11.6 Å². The monoisotopic (exact) mass is 344 g/mol. The van der Waals surface area contributed by atoms with Crippen LogP contribution in [-0.4, -0.2) is 12.5 Å². The van der Waals surface area contributed by atoms with Crippen LogP contribution in [0.5, 0.6) is 0 Å². The third-order valence-corrected chi connectivity index (χ3v) is 4.66. The average molecular weight is 345 g/mol. The summed E-state index contributed by atoms with van der Waals surface area (Å²) in [6.45, 7) is 6.56. The fourth-order valence-corrected chi connectivity index (χ4v) is 2.94. The fourth-order valence-electron chi connectivity index (χ4n) is 2.64. The number of halogens is 1. The zero-order chi connectivity index (χ0) is 17.5. The molecule has 0 heterocycles. The molecule has 0 aromatic heterocycles. The van der Waals surface area contributed by atoms with Crippen molar-refractivity contribution in [3.63, 3.8) is 0 Å². The number of rotatable bonds is 7. The molecule has 1 amide bonds. The minimum Gasteiger partial charge on any atom is -0.325 e. The van der Waals surface area contributed by atoms with E-state index in [0.717, 1.165) is 17.7 Å². The van der Waals surface area contributed by atoms with Crippen molar-refractivity contribution in [1.82, 2.24) is 5.32 Å². The summed E-state index contributed by atoms with van der Waals surface area (Å²) in [6, 6.07) is 15.7. The molecule has 2 N–H and O–H groups in total. The van der Waals surface area contributed by atoms with Crippen molar-refractivity contribution in [1.29, 1.82) is 0 Å². The third kappa shape index (κ3) is 4.83. The van der Waals surface area contributed by atoms with Gasteiger partial charge in [0.2, 0.25) is 5.91 Å². The summed E-state index contributed by atoms with van der Waals surface area (Å²) in [6.07, 6.45) is 1.04. The fraction of sp³-hybridized carbons (Fsp3) is 0.350. The predicted molar refractivity (Wildman–Crippen MR) is 102 cm³/mol. The smallest absolute Gasteiger partial charge is 0.238 e. The molecule has 0 aliphatic heterocycles. The van der Waals surface area contributed by atoms with E-state index in [1.807, 2.05) is 49.4 Å². The van der Waals surface area contributed by atoms with Crippen LogP contribution in [0, 0.1) is 0 Å². The lowest BCUT2D eigenvalue weighted by atomic mass is 9.97. The summed E-state index contributed by atoms with van der Waals surface area (Å²) in [5.41, 5.74) is 3.06. The molecule has 4 heteroatoms. The number of para-hydroxylation sites is 1. The summed E-state index contributed by atoms with van der Waals surface area (Å²) in [7, 11) is 0. The molecule has 2 aromatic carbocycles. The molecule has 3 nitrogen and oxygen atoms in total. The molecule has 0 aliphatic carbocycles. The molecule has 128 valence electrons. The van der Waals surface area contributed by atoms with Gasteiger partial charge in [0, 0.05) is 16.8 Å². The van der Waals surface area contributed by atoms with Crippen molar-refractivity contribution in [2.24, 2.45) is 0 Å². The zero-order valence-corrected chi connectivity index (χ0v) is 15.2. The van der Waals surface area contributed by atoms with Gasteiger partial charge in [-0.15, -0.1) is 0 Å². The topological polar surface area (TPSA) is 41.1 Å². The molecule has 0 aliphatic rings. The van der Waals surface area contributed by atoms with Crippen LogP contribution in [0.3, 0.4) is 0 Å². The van der Waals surface area contributed by atoms with Crippen LogP contribution in [0.1, 0.15) is 50.3 Å². The first kappa shape index (κ1) is 18.5. The van der Waals surface area contributed by atoms with Crippen LogP contribution in [0.15, 0.2) is 48.5 Å². The van der Waals surface area contributed by atoms with E-state index in [9.17, 15) is 4.79 Å². The molecular weight excluding hydrogens is 320 g/mol. The standard InChI is InChI=1S/C20H25ClN2O/c1-4-14(2)16-9-6-8-12-19(16)23-20(24)13-22-15(3)17-10-5-7-11-18(17)21/h5-12,14-15,22H,4,13H2,1-3H3,(H,23,24)/t14-,15+/m0/s1. The highest BCUT2D eigenvalue weighted by Gasteiger charge is 2.13. The molecule has 0 unspecified atom stereocenters. The van der Waals surface area contributed by atoms with Crippen molar-refractivity contribution in [2.45, 2.75) is 39.2 Å². The zero-order valence-electron chi connectivity index (χ0n) is 14.5. The van der Waals surface area contributed by atoms with Crippen LogP contribution < -0.4 is 10.6 Å². The van der Waals surface area contributed by atoms with Gasteiger partial charge in [-0.25, -0.2) is 0 Å². The average Bonchev–Trinajstić information content (AvgIpc) is 2.60. The summed E-state index contributed by atoms with van der Waals surface area (Å²) in [5.74, 6) is 0.362. The maximum Gasteiger partial charge on any atom is 0.238 e. The van der Waals surface area contributed by atoms with Gasteiger partial charge in [-0.3, -0.25) is 4.79 Å². The van der Waals surface area contributed by atoms with E-state index in [-0.39, 0.29) is 18.5 Å². The van der Waals surface area contributed by atoms with E-state index in [1.54, 1.807) is 0 Å². The Hall–Kier alpha value is -1.84. The molecule has 2 atom stereocenters. The summed E-state index contributed by atoms with van der Waals surface area (Å²) < 4.78 is 0. The lowest BCUT2D eigenvalue weighted by Crippen LogP contribution is -2.30. The molecule has 0 radical (unpaired) electrons. The van der Waals surface area contributed by atoms with Gasteiger partial charge in [0.25, 0.3) is 0 Å². The van der Waals surface area contributed by atoms with Crippen molar-refractivity contribution < 1.29 is 4.79 Å². The number of carbonyl (C=O) groups excluding carboxylic acids is 1. The number of nitrogens with one attached hydrogen (secondary N) is 2. The Balaban J connectivity index is 1.96. The normalized spacial score (nSPS) is 13.3. The highest BCUT2D eigenvalue weighted by Crippen LogP contribution is 2.26. The molecule has 0 bridgehead atoms. The Bertz CT molecular complexity index is 687. The Morgan fingerprint density at radius 1 is 1.04 bits per heavy atom. The Morgan fingerprint density at radius 2 is 1.67 bits per heavy atom. The summed E-state index contributed by atoms with van der Waals surface area (Å²) >= 11 is 6.20. The third-order valence-electron chi connectivity index (χ3n) is 4.32. The molecule has 2 aromatic rings. The van der Waals surface area contributed by atoms with Crippen molar-refractivity contribution >= 4 is 23.2 Å². The second kappa shape index (κ2) is 8.86. The van der Waals surface area contributed by atoms with Gasteiger partial charge in [-0.1, -0.05) is 61.8 Å². The molecule has 24 heavy (non-hydrogen) atoms. The number of benzene rings is 2. The van der Waals surface area contributed by atoms with E-state index >= 15 is 0 Å². The summed E-state index contributed by atoms with van der Waals surface area (Å²) in [5, 5.41) is 6.95. The van der Waals surface area contributed by atoms with Gasteiger partial charge in [-0.05, 0) is 42.5 Å². The molecule has 2 rings (SSSR count). The molecule has 0 saturated heterocycles. The maximum atomic E-state index is 12.3. The van der Waals surface area contributed by atoms with Crippen LogP contribution in [0.2, 0.25) is 5.02 Å². The van der Waals surface area contributed by atoms with E-state index in [0.29, 0.717) is 10.9 Å². The lowest BCUT2D eigenvalue weighted by Gasteiger charge is -2.18.